The summed E-state index contributed by atoms with van der Waals surface area (Å²) in [6.07, 6.45) is 0. The van der Waals surface area contributed by atoms with Gasteiger partial charge in [0.2, 0.25) is 0 Å². The Bertz CT molecular complexity index is 215. The molecule has 0 aromatic carbocycles. The van der Waals surface area contributed by atoms with Gasteiger partial charge in [0.05, 0.1) is 0 Å². The van der Waals surface area contributed by atoms with Crippen molar-refractivity contribution in [2.24, 2.45) is 10.8 Å². The summed E-state index contributed by atoms with van der Waals surface area (Å²) < 4.78 is 5.11. The summed E-state index contributed by atoms with van der Waals surface area (Å²) in [5.74, 6) is 0.0356. The Morgan fingerprint density at radius 1 is 0.800 bits per heavy atom. The predicted molar refractivity (Wildman–Crippen MR) is 59.7 cm³/mol. The van der Waals surface area contributed by atoms with Gasteiger partial charge < -0.3 is 4.74 Å². The Hall–Kier alpha value is -0.700. The van der Waals surface area contributed by atoms with Crippen LogP contribution in [0.4, 0.5) is 0 Å². The lowest BCUT2D eigenvalue weighted by atomic mass is 9.91. The van der Waals surface area contributed by atoms with Crippen molar-refractivity contribution in [3.63, 3.8) is 0 Å². The summed E-state index contributed by atoms with van der Waals surface area (Å²) in [5, 5.41) is 0. The molecule has 0 unspecified atom stereocenters. The van der Waals surface area contributed by atoms with Gasteiger partial charge in [-0.3, -0.25) is 9.59 Å². The maximum atomic E-state index is 11.5. The van der Waals surface area contributed by atoms with Gasteiger partial charge in [-0.15, -0.1) is 0 Å². The minimum atomic E-state index is -0.398. The van der Waals surface area contributed by atoms with Gasteiger partial charge >= 0.3 is 0 Å². The van der Waals surface area contributed by atoms with E-state index in [2.05, 4.69) is 0 Å². The van der Waals surface area contributed by atoms with Crippen molar-refractivity contribution in [2.45, 2.75) is 41.5 Å². The maximum absolute atomic E-state index is 11.5. The normalized spacial score (nSPS) is 12.7. The van der Waals surface area contributed by atoms with Crippen LogP contribution in [0.3, 0.4) is 0 Å². The molecule has 0 spiro atoms. The highest BCUT2D eigenvalue weighted by Gasteiger charge is 2.24. The highest BCUT2D eigenvalue weighted by Crippen LogP contribution is 2.16. The first-order valence-electron chi connectivity index (χ1n) is 5.19. The monoisotopic (exact) mass is 214 g/mol. The van der Waals surface area contributed by atoms with Crippen LogP contribution in [0, 0.1) is 10.8 Å². The molecule has 15 heavy (non-hydrogen) atoms. The molecule has 0 aliphatic heterocycles. The van der Waals surface area contributed by atoms with Gasteiger partial charge in [0.15, 0.2) is 11.6 Å². The van der Waals surface area contributed by atoms with Crippen LogP contribution in [0.15, 0.2) is 0 Å². The van der Waals surface area contributed by atoms with Crippen LogP contribution in [0.2, 0.25) is 0 Å². The van der Waals surface area contributed by atoms with Crippen LogP contribution in [0.25, 0.3) is 0 Å². The van der Waals surface area contributed by atoms with Crippen LogP contribution >= 0.6 is 0 Å². The van der Waals surface area contributed by atoms with Gasteiger partial charge in [0, 0.05) is 10.8 Å². The number of rotatable bonds is 4. The van der Waals surface area contributed by atoms with E-state index >= 15 is 0 Å². The molecule has 0 radical (unpaired) electrons. The Morgan fingerprint density at radius 2 is 1.07 bits per heavy atom. The predicted octanol–water partition coefficient (Wildman–Crippen LogP) is 2.23. The van der Waals surface area contributed by atoms with E-state index in [4.69, 9.17) is 4.74 Å². The molecular weight excluding hydrogens is 192 g/mol. The van der Waals surface area contributed by atoms with E-state index in [-0.39, 0.29) is 24.8 Å². The zero-order valence-corrected chi connectivity index (χ0v) is 10.6. The second-order valence-corrected chi connectivity index (χ2v) is 5.84. The van der Waals surface area contributed by atoms with Crippen molar-refractivity contribution in [3.8, 4) is 0 Å². The molecule has 0 saturated heterocycles. The Balaban J connectivity index is 3.92. The molecule has 0 amide bonds. The number of carbonyl (C=O) groups is 2. The fraction of sp³-hybridized carbons (Fsp3) is 0.833. The lowest BCUT2D eigenvalue weighted by Crippen LogP contribution is -2.29. The molecular formula is C12H22O3. The van der Waals surface area contributed by atoms with Crippen molar-refractivity contribution < 1.29 is 14.3 Å². The van der Waals surface area contributed by atoms with Gasteiger partial charge in [-0.25, -0.2) is 0 Å². The third kappa shape index (κ3) is 5.67. The Morgan fingerprint density at radius 3 is 1.27 bits per heavy atom. The number of hydrogen-bond donors (Lipinski definition) is 0. The summed E-state index contributed by atoms with van der Waals surface area (Å²) in [4.78, 5) is 22.9. The third-order valence-corrected chi connectivity index (χ3v) is 2.14. The largest absolute Gasteiger partial charge is 0.366 e. The maximum Gasteiger partial charge on any atom is 0.163 e. The minimum Gasteiger partial charge on any atom is -0.366 e. The topological polar surface area (TPSA) is 43.4 Å². The van der Waals surface area contributed by atoms with Crippen LogP contribution in [-0.2, 0) is 14.3 Å². The Labute approximate surface area is 92.2 Å². The average molecular weight is 214 g/mol. The Kier molecular flexibility index (Phi) is 4.65. The molecule has 0 heterocycles. The van der Waals surface area contributed by atoms with Gasteiger partial charge in [0.1, 0.15) is 13.2 Å². The molecule has 0 rings (SSSR count). The molecule has 0 bridgehead atoms. The summed E-state index contributed by atoms with van der Waals surface area (Å²) in [5.41, 5.74) is -0.796. The van der Waals surface area contributed by atoms with E-state index in [1.165, 1.54) is 0 Å². The van der Waals surface area contributed by atoms with E-state index in [0.717, 1.165) is 0 Å². The van der Waals surface area contributed by atoms with Crippen LogP contribution in [0.5, 0.6) is 0 Å². The van der Waals surface area contributed by atoms with E-state index < -0.39 is 10.8 Å². The van der Waals surface area contributed by atoms with Crippen molar-refractivity contribution in [1.82, 2.24) is 0 Å². The second kappa shape index (κ2) is 4.88. The van der Waals surface area contributed by atoms with Crippen LogP contribution < -0.4 is 0 Å². The number of carbonyl (C=O) groups excluding carboxylic acids is 2. The van der Waals surface area contributed by atoms with E-state index in [0.29, 0.717) is 0 Å². The van der Waals surface area contributed by atoms with Gasteiger partial charge in [-0.2, -0.15) is 0 Å². The molecule has 0 fully saturated rings. The molecule has 0 aliphatic carbocycles. The average Bonchev–Trinajstić information content (AvgIpc) is 2.00. The first kappa shape index (κ1) is 14.3. The number of ketones is 2. The zero-order valence-electron chi connectivity index (χ0n) is 10.6. The number of hydrogen-bond acceptors (Lipinski definition) is 3. The van der Waals surface area contributed by atoms with Crippen molar-refractivity contribution >= 4 is 11.6 Å². The molecule has 0 aromatic rings. The van der Waals surface area contributed by atoms with E-state index in [9.17, 15) is 9.59 Å². The summed E-state index contributed by atoms with van der Waals surface area (Å²) in [6, 6.07) is 0. The van der Waals surface area contributed by atoms with E-state index in [1.54, 1.807) is 0 Å². The minimum absolute atomic E-state index is 0.0178. The van der Waals surface area contributed by atoms with Gasteiger partial charge in [-0.1, -0.05) is 41.5 Å². The smallest absolute Gasteiger partial charge is 0.163 e. The summed E-state index contributed by atoms with van der Waals surface area (Å²) in [6.45, 7) is 11.1. The molecule has 0 atom stereocenters. The summed E-state index contributed by atoms with van der Waals surface area (Å²) >= 11 is 0. The number of ether oxygens (including phenoxy) is 1. The van der Waals surface area contributed by atoms with Gasteiger partial charge in [-0.05, 0) is 0 Å². The quantitative estimate of drug-likeness (QED) is 0.720. The van der Waals surface area contributed by atoms with Crippen LogP contribution in [-0.4, -0.2) is 24.8 Å². The molecule has 88 valence electrons. The van der Waals surface area contributed by atoms with Gasteiger partial charge in [0.25, 0.3) is 0 Å². The van der Waals surface area contributed by atoms with Crippen LogP contribution in [0.1, 0.15) is 41.5 Å². The zero-order chi connectivity index (χ0) is 12.3. The fourth-order valence-corrected chi connectivity index (χ4v) is 0.669. The highest BCUT2D eigenvalue weighted by molar-refractivity contribution is 5.86. The SMILES string of the molecule is CC(C)(C)C(=O)COCC(=O)C(C)(C)C. The lowest BCUT2D eigenvalue weighted by Gasteiger charge is -2.18. The fourth-order valence-electron chi connectivity index (χ4n) is 0.669. The lowest BCUT2D eigenvalue weighted by molar-refractivity contribution is -0.136. The number of Topliss-reactive ketones (excluding diaryl/α,β-unsaturated/α-hetero) is 2. The van der Waals surface area contributed by atoms with Crippen molar-refractivity contribution in [1.29, 1.82) is 0 Å². The molecule has 3 nitrogen and oxygen atoms in total. The first-order chi connectivity index (χ1) is 6.55. The molecule has 0 N–H and O–H groups in total. The molecule has 0 aliphatic rings. The molecule has 0 aromatic heterocycles. The second-order valence-electron chi connectivity index (χ2n) is 5.84. The van der Waals surface area contributed by atoms with E-state index in [1.807, 2.05) is 41.5 Å². The highest BCUT2D eigenvalue weighted by atomic mass is 16.5. The first-order valence-corrected chi connectivity index (χ1v) is 5.19. The summed E-state index contributed by atoms with van der Waals surface area (Å²) in [7, 11) is 0. The third-order valence-electron chi connectivity index (χ3n) is 2.14. The molecule has 3 heteroatoms. The van der Waals surface area contributed by atoms with Crippen molar-refractivity contribution in [2.75, 3.05) is 13.2 Å². The van der Waals surface area contributed by atoms with Crippen molar-refractivity contribution in [3.05, 3.63) is 0 Å². The molecule has 0 saturated carbocycles. The standard InChI is InChI=1S/C12H22O3/c1-11(2,3)9(13)7-15-8-10(14)12(4,5)6/h7-8H2,1-6H3.